The molecular formula is C32H41FN6O. The van der Waals surface area contributed by atoms with Crippen molar-refractivity contribution in [3.8, 4) is 6.01 Å². The molecule has 2 aromatic rings. The third kappa shape index (κ3) is 4.53. The largest absolute Gasteiger partial charge is 0.461 e. The fraction of sp³-hybridized carbons (Fsp3) is 0.594. The van der Waals surface area contributed by atoms with Crippen LogP contribution in [0.3, 0.4) is 0 Å². The first-order valence-electron chi connectivity index (χ1n) is 15.2. The van der Waals surface area contributed by atoms with Gasteiger partial charge in [-0.25, -0.2) is 4.39 Å². The van der Waals surface area contributed by atoms with E-state index in [2.05, 4.69) is 28.6 Å². The second kappa shape index (κ2) is 10.2. The van der Waals surface area contributed by atoms with Crippen LogP contribution in [0.5, 0.6) is 6.01 Å². The molecule has 1 aliphatic carbocycles. The zero-order chi connectivity index (χ0) is 27.4. The number of hydrogen-bond acceptors (Lipinski definition) is 7. The van der Waals surface area contributed by atoms with Gasteiger partial charge in [-0.3, -0.25) is 9.88 Å². The Labute approximate surface area is 236 Å². The summed E-state index contributed by atoms with van der Waals surface area (Å²) in [5.74, 6) is 1.24. The Morgan fingerprint density at radius 1 is 1.20 bits per heavy atom. The van der Waals surface area contributed by atoms with E-state index in [-0.39, 0.29) is 17.1 Å². The van der Waals surface area contributed by atoms with Gasteiger partial charge in [-0.2, -0.15) is 9.97 Å². The predicted octanol–water partition coefficient (Wildman–Crippen LogP) is 5.28. The summed E-state index contributed by atoms with van der Waals surface area (Å²) in [5.41, 5.74) is 2.35. The second-order valence-electron chi connectivity index (χ2n) is 12.7. The van der Waals surface area contributed by atoms with E-state index in [1.54, 1.807) is 6.20 Å². The SMILES string of the molecule is C=C(/C(=C\C=C/C)c1ncc2c(N3CC4CCC(C3)N4)nc(OCC34CCCN3CCC4)nc2c1F)[C@@H]1C[C@@H]1C. The van der Waals surface area contributed by atoms with Crippen molar-refractivity contribution in [3.63, 3.8) is 0 Å². The third-order valence-electron chi connectivity index (χ3n) is 10.1. The highest BCUT2D eigenvalue weighted by Crippen LogP contribution is 2.48. The van der Waals surface area contributed by atoms with E-state index in [1.807, 2.05) is 25.2 Å². The molecule has 212 valence electrons. The number of aromatic nitrogens is 3. The molecule has 2 bridgehead atoms. The number of pyridine rings is 1. The summed E-state index contributed by atoms with van der Waals surface area (Å²) in [6.45, 7) is 13.0. The number of hydrogen-bond donors (Lipinski definition) is 1. The summed E-state index contributed by atoms with van der Waals surface area (Å²) in [4.78, 5) is 19.2. The normalized spacial score (nSPS) is 29.5. The molecule has 2 unspecified atom stereocenters. The fourth-order valence-electron chi connectivity index (χ4n) is 7.68. The van der Waals surface area contributed by atoms with Crippen molar-refractivity contribution in [2.75, 3.05) is 37.7 Å². The molecule has 0 spiro atoms. The van der Waals surface area contributed by atoms with E-state index in [1.165, 1.54) is 12.8 Å². The van der Waals surface area contributed by atoms with E-state index < -0.39 is 5.82 Å². The van der Waals surface area contributed by atoms with Gasteiger partial charge in [0.15, 0.2) is 5.82 Å². The molecule has 1 saturated carbocycles. The van der Waals surface area contributed by atoms with Crippen LogP contribution in [0.2, 0.25) is 0 Å². The van der Waals surface area contributed by atoms with Crippen molar-refractivity contribution in [3.05, 3.63) is 48.1 Å². The number of ether oxygens (including phenoxy) is 1. The summed E-state index contributed by atoms with van der Waals surface area (Å²) < 4.78 is 23.0. The topological polar surface area (TPSA) is 66.4 Å². The Bertz CT molecular complexity index is 1370. The molecule has 40 heavy (non-hydrogen) atoms. The van der Waals surface area contributed by atoms with E-state index in [4.69, 9.17) is 19.7 Å². The Hall–Kier alpha value is -2.84. The summed E-state index contributed by atoms with van der Waals surface area (Å²) >= 11 is 0. The maximum Gasteiger partial charge on any atom is 0.319 e. The van der Waals surface area contributed by atoms with Crippen LogP contribution >= 0.6 is 0 Å². The molecule has 4 saturated heterocycles. The molecule has 8 heteroatoms. The molecule has 0 radical (unpaired) electrons. The van der Waals surface area contributed by atoms with Crippen LogP contribution in [0.15, 0.2) is 36.6 Å². The number of nitrogens with one attached hydrogen (secondary N) is 1. The minimum absolute atomic E-state index is 0.0652. The summed E-state index contributed by atoms with van der Waals surface area (Å²) in [6.07, 6.45) is 15.6. The average Bonchev–Trinajstić information content (AvgIpc) is 3.22. The molecule has 5 fully saturated rings. The van der Waals surface area contributed by atoms with E-state index in [0.717, 1.165) is 75.2 Å². The maximum absolute atomic E-state index is 16.6. The molecule has 7 nitrogen and oxygen atoms in total. The van der Waals surface area contributed by atoms with Gasteiger partial charge >= 0.3 is 6.01 Å². The van der Waals surface area contributed by atoms with Crippen molar-refractivity contribution in [1.82, 2.24) is 25.2 Å². The highest BCUT2D eigenvalue weighted by atomic mass is 19.1. The zero-order valence-electron chi connectivity index (χ0n) is 23.8. The van der Waals surface area contributed by atoms with Crippen LogP contribution in [0.4, 0.5) is 10.2 Å². The lowest BCUT2D eigenvalue weighted by molar-refractivity contribution is 0.108. The van der Waals surface area contributed by atoms with Crippen LogP contribution in [0.25, 0.3) is 16.5 Å². The smallest absolute Gasteiger partial charge is 0.319 e. The number of halogens is 1. The maximum atomic E-state index is 16.6. The third-order valence-corrected chi connectivity index (χ3v) is 10.1. The lowest BCUT2D eigenvalue weighted by atomic mass is 9.95. The van der Waals surface area contributed by atoms with Gasteiger partial charge in [0.05, 0.1) is 10.9 Å². The van der Waals surface area contributed by atoms with Gasteiger partial charge in [-0.15, -0.1) is 0 Å². The van der Waals surface area contributed by atoms with Crippen molar-refractivity contribution < 1.29 is 9.13 Å². The Kier molecular flexibility index (Phi) is 6.66. The minimum Gasteiger partial charge on any atom is -0.461 e. The molecule has 6 heterocycles. The molecule has 4 aliphatic heterocycles. The van der Waals surface area contributed by atoms with Crippen molar-refractivity contribution in [2.45, 2.75) is 76.4 Å². The molecular weight excluding hydrogens is 503 g/mol. The van der Waals surface area contributed by atoms with Crippen LogP contribution < -0.4 is 15.0 Å². The lowest BCUT2D eigenvalue weighted by Crippen LogP contribution is -2.51. The van der Waals surface area contributed by atoms with E-state index in [9.17, 15) is 0 Å². The zero-order valence-corrected chi connectivity index (χ0v) is 23.8. The number of anilines is 1. The highest BCUT2D eigenvalue weighted by Gasteiger charge is 2.45. The fourth-order valence-corrected chi connectivity index (χ4v) is 7.68. The Balaban J connectivity index is 1.30. The molecule has 2 aromatic heterocycles. The number of allylic oxidation sites excluding steroid dienone is 5. The van der Waals surface area contributed by atoms with Crippen LogP contribution in [-0.4, -0.2) is 70.3 Å². The molecule has 1 N–H and O–H groups in total. The molecule has 5 aliphatic rings. The molecule has 0 aromatic carbocycles. The first-order valence-corrected chi connectivity index (χ1v) is 15.2. The average molecular weight is 545 g/mol. The summed E-state index contributed by atoms with van der Waals surface area (Å²) in [5, 5.41) is 4.34. The number of rotatable bonds is 8. The second-order valence-corrected chi connectivity index (χ2v) is 12.7. The van der Waals surface area contributed by atoms with Gasteiger partial charge in [0.1, 0.15) is 23.6 Å². The lowest BCUT2D eigenvalue weighted by Gasteiger charge is -2.34. The van der Waals surface area contributed by atoms with Gasteiger partial charge < -0.3 is 15.0 Å². The van der Waals surface area contributed by atoms with Gasteiger partial charge in [-0.05, 0) is 82.4 Å². The minimum atomic E-state index is -0.421. The predicted molar refractivity (Wildman–Crippen MR) is 157 cm³/mol. The van der Waals surface area contributed by atoms with Gasteiger partial charge in [0.2, 0.25) is 0 Å². The molecule has 4 atom stereocenters. The standard InChI is InChI=1S/C32H41FN6O/c1-4-5-8-24(21(3)25-15-20(25)2)28-27(33)29-26(16-34-28)30(38-17-22-9-10-23(18-38)35-22)37-31(36-29)40-19-32-11-6-13-39(32)14-7-12-32/h4-5,8,16,20,22-23,25,35H,3,6-7,9-15,17-19H2,1-2H3/b5-4-,24-8+/t20-,22?,23?,25+/m0/s1. The van der Waals surface area contributed by atoms with Gasteiger partial charge in [0, 0.05) is 36.9 Å². The first-order chi connectivity index (χ1) is 19.5. The molecule has 7 rings (SSSR count). The summed E-state index contributed by atoms with van der Waals surface area (Å²) in [6, 6.07) is 1.12. The number of fused-ring (bicyclic) bond motifs is 4. The van der Waals surface area contributed by atoms with E-state index in [0.29, 0.717) is 41.6 Å². The first kappa shape index (κ1) is 26.1. The van der Waals surface area contributed by atoms with Crippen LogP contribution in [0, 0.1) is 17.7 Å². The Morgan fingerprint density at radius 2 is 1.93 bits per heavy atom. The monoisotopic (exact) mass is 544 g/mol. The van der Waals surface area contributed by atoms with Crippen molar-refractivity contribution in [2.24, 2.45) is 11.8 Å². The number of piperazine rings is 1. The summed E-state index contributed by atoms with van der Waals surface area (Å²) in [7, 11) is 0. The van der Waals surface area contributed by atoms with Gasteiger partial charge in [-0.1, -0.05) is 31.7 Å². The number of nitrogens with zero attached hydrogens (tertiary/aromatic N) is 5. The van der Waals surface area contributed by atoms with Gasteiger partial charge in [0.25, 0.3) is 0 Å². The molecule has 0 amide bonds. The van der Waals surface area contributed by atoms with Crippen LogP contribution in [0.1, 0.15) is 64.5 Å². The van der Waals surface area contributed by atoms with Crippen molar-refractivity contribution >= 4 is 22.3 Å². The quantitative estimate of drug-likeness (QED) is 0.454. The highest BCUT2D eigenvalue weighted by molar-refractivity contribution is 5.93. The Morgan fingerprint density at radius 3 is 2.60 bits per heavy atom. The van der Waals surface area contributed by atoms with Crippen LogP contribution in [-0.2, 0) is 0 Å². The van der Waals surface area contributed by atoms with E-state index >= 15 is 4.39 Å². The van der Waals surface area contributed by atoms with Crippen molar-refractivity contribution in [1.29, 1.82) is 0 Å².